The molecule has 82 valence electrons. The van der Waals surface area contributed by atoms with Crippen LogP contribution in [-0.2, 0) is 9.59 Å². The lowest BCUT2D eigenvalue weighted by Gasteiger charge is -2.44. The summed E-state index contributed by atoms with van der Waals surface area (Å²) in [5.41, 5.74) is 0. The Labute approximate surface area is 95.4 Å². The number of thioether (sulfide) groups is 1. The number of carbonyl (C=O) groups is 2. The Morgan fingerprint density at radius 1 is 1.67 bits per heavy atom. The van der Waals surface area contributed by atoms with Crippen molar-refractivity contribution < 1.29 is 19.8 Å². The van der Waals surface area contributed by atoms with Gasteiger partial charge in [-0.1, -0.05) is 24.0 Å². The molecule has 0 radical (unpaired) electrons. The van der Waals surface area contributed by atoms with Crippen molar-refractivity contribution in [3.8, 4) is 0 Å². The topological polar surface area (TPSA) is 77.8 Å². The van der Waals surface area contributed by atoms with Gasteiger partial charge < -0.3 is 15.1 Å². The van der Waals surface area contributed by atoms with Gasteiger partial charge in [0.2, 0.25) is 5.91 Å². The highest BCUT2D eigenvalue weighted by molar-refractivity contribution is 8.24. The number of rotatable bonds is 2. The standard InChI is InChI=1S/C8H9NO4S2/c1-2(10)3-5(11)9-4(7(12)13)8(14)15-6(3)9/h2-4,6,10H,1H3,(H,12,13)/t2-,3+,4?,6?/m1/s1. The van der Waals surface area contributed by atoms with Crippen LogP contribution in [0.4, 0.5) is 0 Å². The van der Waals surface area contributed by atoms with Crippen molar-refractivity contribution in [1.29, 1.82) is 0 Å². The van der Waals surface area contributed by atoms with E-state index in [-0.39, 0.29) is 11.3 Å². The third kappa shape index (κ3) is 1.37. The average Bonchev–Trinajstić information content (AvgIpc) is 2.38. The number of carboxylic acid groups (broad SMARTS) is 1. The first-order chi connectivity index (χ1) is 6.95. The van der Waals surface area contributed by atoms with Gasteiger partial charge in [-0.15, -0.1) is 0 Å². The molecule has 15 heavy (non-hydrogen) atoms. The van der Waals surface area contributed by atoms with E-state index in [9.17, 15) is 14.7 Å². The summed E-state index contributed by atoms with van der Waals surface area (Å²) in [7, 11) is 0. The van der Waals surface area contributed by atoms with E-state index in [2.05, 4.69) is 0 Å². The zero-order valence-electron chi connectivity index (χ0n) is 7.78. The maximum absolute atomic E-state index is 11.6. The van der Waals surface area contributed by atoms with Gasteiger partial charge in [0.1, 0.15) is 0 Å². The summed E-state index contributed by atoms with van der Waals surface area (Å²) in [4.78, 5) is 23.7. The molecule has 0 aromatic rings. The Balaban J connectivity index is 2.23. The number of hydrogen-bond acceptors (Lipinski definition) is 5. The number of carboxylic acids is 1. The molecule has 4 atom stereocenters. The van der Waals surface area contributed by atoms with E-state index in [1.807, 2.05) is 0 Å². The normalized spacial score (nSPS) is 36.1. The van der Waals surface area contributed by atoms with Crippen molar-refractivity contribution in [3.63, 3.8) is 0 Å². The van der Waals surface area contributed by atoms with E-state index in [0.717, 1.165) is 0 Å². The van der Waals surface area contributed by atoms with Crippen LogP contribution in [0.1, 0.15) is 6.92 Å². The van der Waals surface area contributed by atoms with Crippen LogP contribution in [0.2, 0.25) is 0 Å². The van der Waals surface area contributed by atoms with Crippen molar-refractivity contribution in [3.05, 3.63) is 0 Å². The van der Waals surface area contributed by atoms with Crippen LogP contribution in [0, 0.1) is 5.92 Å². The molecule has 2 N–H and O–H groups in total. The zero-order valence-corrected chi connectivity index (χ0v) is 9.42. The van der Waals surface area contributed by atoms with Gasteiger partial charge in [0.25, 0.3) is 0 Å². The molecule has 0 aromatic carbocycles. The van der Waals surface area contributed by atoms with Crippen LogP contribution in [-0.4, -0.2) is 48.7 Å². The van der Waals surface area contributed by atoms with E-state index in [1.165, 1.54) is 23.6 Å². The van der Waals surface area contributed by atoms with Gasteiger partial charge in [-0.25, -0.2) is 4.79 Å². The van der Waals surface area contributed by atoms with E-state index >= 15 is 0 Å². The number of fused-ring (bicyclic) bond motifs is 1. The summed E-state index contributed by atoms with van der Waals surface area (Å²) >= 11 is 6.10. The fraction of sp³-hybridized carbons (Fsp3) is 0.625. The lowest BCUT2D eigenvalue weighted by atomic mass is 9.91. The van der Waals surface area contributed by atoms with Gasteiger partial charge in [0, 0.05) is 0 Å². The number of thiocarbonyl (C=S) groups is 1. The SMILES string of the molecule is C[C@@H](O)[C@H]1C(=O)N2C(C(=O)O)C(=S)SC12. The molecule has 2 aliphatic heterocycles. The lowest BCUT2D eigenvalue weighted by molar-refractivity contribution is -0.164. The van der Waals surface area contributed by atoms with Gasteiger partial charge in [0.05, 0.1) is 21.6 Å². The second-order valence-corrected chi connectivity index (χ2v) is 5.44. The zero-order chi connectivity index (χ0) is 11.3. The Morgan fingerprint density at radius 2 is 2.27 bits per heavy atom. The lowest BCUT2D eigenvalue weighted by Crippen LogP contribution is -2.64. The highest BCUT2D eigenvalue weighted by atomic mass is 32.2. The summed E-state index contributed by atoms with van der Waals surface area (Å²) < 4.78 is 0.295. The van der Waals surface area contributed by atoms with Crippen LogP contribution >= 0.6 is 24.0 Å². The van der Waals surface area contributed by atoms with Crippen molar-refractivity contribution in [2.45, 2.75) is 24.4 Å². The summed E-state index contributed by atoms with van der Waals surface area (Å²) in [5, 5.41) is 17.9. The van der Waals surface area contributed by atoms with Crippen molar-refractivity contribution in [1.82, 2.24) is 4.90 Å². The maximum Gasteiger partial charge on any atom is 0.332 e. The van der Waals surface area contributed by atoms with Crippen molar-refractivity contribution in [2.24, 2.45) is 5.92 Å². The number of nitrogens with zero attached hydrogens (tertiary/aromatic N) is 1. The Kier molecular flexibility index (Phi) is 2.48. The third-order valence-corrected chi connectivity index (χ3v) is 4.34. The first-order valence-electron chi connectivity index (χ1n) is 4.38. The van der Waals surface area contributed by atoms with Crippen LogP contribution < -0.4 is 0 Å². The largest absolute Gasteiger partial charge is 0.479 e. The molecule has 0 aliphatic carbocycles. The molecular weight excluding hydrogens is 238 g/mol. The molecule has 2 fully saturated rings. The van der Waals surface area contributed by atoms with Crippen LogP contribution in [0.15, 0.2) is 0 Å². The number of amides is 1. The predicted octanol–water partition coefficient (Wildman–Crippen LogP) is -0.321. The predicted molar refractivity (Wildman–Crippen MR) is 57.4 cm³/mol. The number of β-lactam (4-membered cyclic amide) rings is 1. The quantitative estimate of drug-likeness (QED) is 0.514. The molecule has 2 heterocycles. The highest BCUT2D eigenvalue weighted by Crippen LogP contribution is 2.46. The van der Waals surface area contributed by atoms with Gasteiger partial charge in [-0.3, -0.25) is 4.79 Å². The van der Waals surface area contributed by atoms with Gasteiger partial charge in [0.15, 0.2) is 6.04 Å². The number of hydrogen-bond donors (Lipinski definition) is 2. The highest BCUT2D eigenvalue weighted by Gasteiger charge is 2.60. The molecule has 0 bridgehead atoms. The first kappa shape index (κ1) is 10.8. The number of aliphatic hydroxyl groups excluding tert-OH is 1. The van der Waals surface area contributed by atoms with Gasteiger partial charge in [-0.05, 0) is 6.92 Å². The van der Waals surface area contributed by atoms with Crippen LogP contribution in [0.3, 0.4) is 0 Å². The number of aliphatic hydroxyl groups is 1. The molecule has 2 unspecified atom stereocenters. The second-order valence-electron chi connectivity index (χ2n) is 3.58. The molecule has 2 saturated heterocycles. The molecule has 0 saturated carbocycles. The Morgan fingerprint density at radius 3 is 2.73 bits per heavy atom. The minimum Gasteiger partial charge on any atom is -0.479 e. The first-order valence-corrected chi connectivity index (χ1v) is 5.67. The summed E-state index contributed by atoms with van der Waals surface area (Å²) in [5.74, 6) is -1.94. The number of carbonyl (C=O) groups excluding carboxylic acids is 1. The van der Waals surface area contributed by atoms with Crippen LogP contribution in [0.5, 0.6) is 0 Å². The number of aliphatic carboxylic acids is 1. The minimum atomic E-state index is -1.10. The molecule has 0 aromatic heterocycles. The molecule has 2 aliphatic rings. The van der Waals surface area contributed by atoms with E-state index in [1.54, 1.807) is 0 Å². The van der Waals surface area contributed by atoms with E-state index in [0.29, 0.717) is 4.20 Å². The molecule has 1 amide bonds. The fourth-order valence-electron chi connectivity index (χ4n) is 1.88. The summed E-state index contributed by atoms with van der Waals surface area (Å²) in [6, 6.07) is -1.00. The summed E-state index contributed by atoms with van der Waals surface area (Å²) in [6.07, 6.45) is -0.762. The Bertz CT molecular complexity index is 357. The smallest absolute Gasteiger partial charge is 0.332 e. The minimum absolute atomic E-state index is 0.295. The second kappa shape index (κ2) is 3.43. The molecule has 0 spiro atoms. The van der Waals surface area contributed by atoms with Crippen LogP contribution in [0.25, 0.3) is 0 Å². The Hall–Kier alpha value is -0.660. The van der Waals surface area contributed by atoms with E-state index in [4.69, 9.17) is 17.3 Å². The molecule has 7 heteroatoms. The molecular formula is C8H9NO4S2. The fourth-order valence-corrected chi connectivity index (χ4v) is 3.80. The monoisotopic (exact) mass is 247 g/mol. The summed E-state index contributed by atoms with van der Waals surface area (Å²) in [6.45, 7) is 1.53. The van der Waals surface area contributed by atoms with Crippen molar-refractivity contribution >= 4 is 40.1 Å². The van der Waals surface area contributed by atoms with E-state index < -0.39 is 24.0 Å². The van der Waals surface area contributed by atoms with Crippen molar-refractivity contribution in [2.75, 3.05) is 0 Å². The van der Waals surface area contributed by atoms with Gasteiger partial charge in [-0.2, -0.15) is 0 Å². The van der Waals surface area contributed by atoms with Gasteiger partial charge >= 0.3 is 5.97 Å². The maximum atomic E-state index is 11.6. The average molecular weight is 247 g/mol. The third-order valence-electron chi connectivity index (χ3n) is 2.61. The molecule has 5 nitrogen and oxygen atoms in total. The molecule has 2 rings (SSSR count).